The highest BCUT2D eigenvalue weighted by atomic mass is 35.5. The first kappa shape index (κ1) is 12.3. The van der Waals surface area contributed by atoms with Crippen molar-refractivity contribution in [2.75, 3.05) is 13.1 Å². The van der Waals surface area contributed by atoms with Crippen molar-refractivity contribution in [3.8, 4) is 0 Å². The zero-order chi connectivity index (χ0) is 11.9. The fraction of sp³-hybridized carbons (Fsp3) is 0.667. The van der Waals surface area contributed by atoms with Crippen molar-refractivity contribution < 1.29 is 8.42 Å². The molecule has 0 radical (unpaired) electrons. The molecule has 1 aliphatic rings. The molecule has 1 aromatic rings. The van der Waals surface area contributed by atoms with Crippen molar-refractivity contribution in [2.24, 2.45) is 5.92 Å². The van der Waals surface area contributed by atoms with Gasteiger partial charge in [0.05, 0.1) is 5.69 Å². The molecule has 16 heavy (non-hydrogen) atoms. The Hall–Kier alpha value is -0.170. The van der Waals surface area contributed by atoms with E-state index < -0.39 is 10.0 Å². The number of halogens is 1. The zero-order valence-corrected chi connectivity index (χ0v) is 11.5. The Kier molecular flexibility index (Phi) is 3.27. The number of thiazole rings is 1. The molecule has 0 spiro atoms. The van der Waals surface area contributed by atoms with Crippen LogP contribution < -0.4 is 0 Å². The summed E-state index contributed by atoms with van der Waals surface area (Å²) in [5.74, 6) is 0.429. The molecule has 1 aliphatic heterocycles. The molecule has 2 heterocycles. The first-order valence-corrected chi connectivity index (χ1v) is 7.68. The first-order chi connectivity index (χ1) is 7.41. The van der Waals surface area contributed by atoms with Gasteiger partial charge in [-0.15, -0.1) is 0 Å². The minimum absolute atomic E-state index is 0.281. The number of hydrogen-bond donors (Lipinski definition) is 0. The van der Waals surface area contributed by atoms with Gasteiger partial charge in [-0.1, -0.05) is 29.9 Å². The molecule has 1 aromatic heterocycles. The molecule has 1 atom stereocenters. The summed E-state index contributed by atoms with van der Waals surface area (Å²) in [7, 11) is -3.38. The Balaban J connectivity index is 2.36. The maximum Gasteiger partial charge on any atom is 0.254 e. The lowest BCUT2D eigenvalue weighted by Gasteiger charge is -2.14. The molecule has 1 fully saturated rings. The van der Waals surface area contributed by atoms with E-state index >= 15 is 0 Å². The molecular formula is C9H13ClN2O2S2. The van der Waals surface area contributed by atoms with Crippen molar-refractivity contribution in [1.29, 1.82) is 0 Å². The molecule has 0 amide bonds. The molecule has 0 saturated carbocycles. The van der Waals surface area contributed by atoms with Crippen LogP contribution in [-0.2, 0) is 10.0 Å². The van der Waals surface area contributed by atoms with Crippen molar-refractivity contribution in [3.05, 3.63) is 10.2 Å². The summed E-state index contributed by atoms with van der Waals surface area (Å²) in [5.41, 5.74) is 0.495. The minimum atomic E-state index is -3.38. The fourth-order valence-electron chi connectivity index (χ4n) is 1.82. The number of aryl methyl sites for hydroxylation is 1. The lowest BCUT2D eigenvalue weighted by Crippen LogP contribution is -2.28. The lowest BCUT2D eigenvalue weighted by atomic mass is 10.2. The second-order valence-electron chi connectivity index (χ2n) is 4.10. The largest absolute Gasteiger partial charge is 0.254 e. The van der Waals surface area contributed by atoms with Gasteiger partial charge in [-0.25, -0.2) is 13.4 Å². The van der Waals surface area contributed by atoms with Crippen LogP contribution in [0.15, 0.2) is 4.21 Å². The molecule has 1 unspecified atom stereocenters. The van der Waals surface area contributed by atoms with Gasteiger partial charge in [-0.3, -0.25) is 0 Å². The van der Waals surface area contributed by atoms with Crippen LogP contribution in [0.4, 0.5) is 0 Å². The van der Waals surface area contributed by atoms with Crippen LogP contribution in [0.25, 0.3) is 0 Å². The molecule has 90 valence electrons. The highest BCUT2D eigenvalue weighted by Crippen LogP contribution is 2.31. The van der Waals surface area contributed by atoms with E-state index in [1.54, 1.807) is 6.92 Å². The predicted octanol–water partition coefficient (Wildman–Crippen LogP) is 2.14. The molecule has 0 bridgehead atoms. The van der Waals surface area contributed by atoms with Gasteiger partial charge < -0.3 is 0 Å². The summed E-state index contributed by atoms with van der Waals surface area (Å²) in [5, 5.41) is 0. The SMILES string of the molecule is Cc1nc(Cl)sc1S(=O)(=O)N1CCC(C)C1. The van der Waals surface area contributed by atoms with Crippen LogP contribution in [-0.4, -0.2) is 30.8 Å². The van der Waals surface area contributed by atoms with E-state index in [1.165, 1.54) is 4.31 Å². The van der Waals surface area contributed by atoms with Gasteiger partial charge in [0.2, 0.25) is 0 Å². The van der Waals surface area contributed by atoms with Crippen LogP contribution in [0, 0.1) is 12.8 Å². The van der Waals surface area contributed by atoms with E-state index in [4.69, 9.17) is 11.6 Å². The van der Waals surface area contributed by atoms with Crippen molar-refractivity contribution >= 4 is 33.0 Å². The number of sulfonamides is 1. The van der Waals surface area contributed by atoms with E-state index in [1.807, 2.05) is 0 Å². The Bertz CT molecular complexity index is 498. The van der Waals surface area contributed by atoms with Crippen molar-refractivity contribution in [1.82, 2.24) is 9.29 Å². The number of hydrogen-bond acceptors (Lipinski definition) is 4. The van der Waals surface area contributed by atoms with Crippen molar-refractivity contribution in [3.63, 3.8) is 0 Å². The summed E-state index contributed by atoms with van der Waals surface area (Å²) in [4.78, 5) is 3.95. The van der Waals surface area contributed by atoms with Gasteiger partial charge in [-0.2, -0.15) is 4.31 Å². The first-order valence-electron chi connectivity index (χ1n) is 5.04. The van der Waals surface area contributed by atoms with Gasteiger partial charge in [0, 0.05) is 13.1 Å². The third-order valence-corrected chi connectivity index (χ3v) is 6.40. The summed E-state index contributed by atoms with van der Waals surface area (Å²) < 4.78 is 26.6. The smallest absolute Gasteiger partial charge is 0.229 e. The van der Waals surface area contributed by atoms with E-state index in [-0.39, 0.29) is 8.68 Å². The number of aromatic nitrogens is 1. The molecule has 7 heteroatoms. The second-order valence-corrected chi connectivity index (χ2v) is 7.81. The van der Waals surface area contributed by atoms with E-state index in [0.717, 1.165) is 17.8 Å². The van der Waals surface area contributed by atoms with E-state index in [9.17, 15) is 8.42 Å². The van der Waals surface area contributed by atoms with Gasteiger partial charge in [-0.05, 0) is 19.3 Å². The summed E-state index contributed by atoms with van der Waals surface area (Å²) in [6, 6.07) is 0. The normalized spacial score (nSPS) is 22.8. The third kappa shape index (κ3) is 2.11. The molecule has 0 aliphatic carbocycles. The topological polar surface area (TPSA) is 50.3 Å². The standard InChI is InChI=1S/C9H13ClN2O2S2/c1-6-3-4-12(5-6)16(13,14)8-7(2)11-9(10)15-8/h6H,3-5H2,1-2H3. The molecule has 4 nitrogen and oxygen atoms in total. The average molecular weight is 281 g/mol. The van der Waals surface area contributed by atoms with Crippen LogP contribution in [0.2, 0.25) is 4.47 Å². The Labute approximate surface area is 104 Å². The predicted molar refractivity (Wildman–Crippen MR) is 64.4 cm³/mol. The van der Waals surface area contributed by atoms with Crippen LogP contribution in [0.3, 0.4) is 0 Å². The van der Waals surface area contributed by atoms with Crippen LogP contribution >= 0.6 is 22.9 Å². The molecule has 1 saturated heterocycles. The molecular weight excluding hydrogens is 268 g/mol. The minimum Gasteiger partial charge on any atom is -0.229 e. The van der Waals surface area contributed by atoms with Gasteiger partial charge in [0.15, 0.2) is 8.68 Å². The fourth-order valence-corrected chi connectivity index (χ4v) is 5.27. The highest BCUT2D eigenvalue weighted by molar-refractivity contribution is 7.91. The van der Waals surface area contributed by atoms with Gasteiger partial charge in [0.25, 0.3) is 10.0 Å². The quantitative estimate of drug-likeness (QED) is 0.834. The Morgan fingerprint density at radius 3 is 2.69 bits per heavy atom. The molecule has 2 rings (SSSR count). The maximum absolute atomic E-state index is 12.3. The summed E-state index contributed by atoms with van der Waals surface area (Å²) in [6.07, 6.45) is 0.921. The van der Waals surface area contributed by atoms with Gasteiger partial charge >= 0.3 is 0 Å². The van der Waals surface area contributed by atoms with Crippen molar-refractivity contribution in [2.45, 2.75) is 24.5 Å². The summed E-state index contributed by atoms with van der Waals surface area (Å²) >= 11 is 6.77. The van der Waals surface area contributed by atoms with Crippen LogP contribution in [0.5, 0.6) is 0 Å². The van der Waals surface area contributed by atoms with E-state index in [0.29, 0.717) is 24.7 Å². The maximum atomic E-state index is 12.3. The Morgan fingerprint density at radius 1 is 1.56 bits per heavy atom. The third-order valence-electron chi connectivity index (χ3n) is 2.69. The van der Waals surface area contributed by atoms with Crippen LogP contribution in [0.1, 0.15) is 19.0 Å². The highest BCUT2D eigenvalue weighted by Gasteiger charge is 2.33. The Morgan fingerprint density at radius 2 is 2.25 bits per heavy atom. The lowest BCUT2D eigenvalue weighted by molar-refractivity contribution is 0.465. The molecule has 0 N–H and O–H groups in total. The molecule has 0 aromatic carbocycles. The average Bonchev–Trinajstić information content (AvgIpc) is 2.73. The van der Waals surface area contributed by atoms with E-state index in [2.05, 4.69) is 11.9 Å². The zero-order valence-electron chi connectivity index (χ0n) is 9.10. The monoisotopic (exact) mass is 280 g/mol. The number of nitrogens with zero attached hydrogens (tertiary/aromatic N) is 2. The number of rotatable bonds is 2. The van der Waals surface area contributed by atoms with Gasteiger partial charge in [0.1, 0.15) is 0 Å². The second kappa shape index (κ2) is 4.25. The summed E-state index contributed by atoms with van der Waals surface area (Å²) in [6.45, 7) is 4.92.